The van der Waals surface area contributed by atoms with E-state index in [0.717, 1.165) is 23.6 Å². The second kappa shape index (κ2) is 3.70. The zero-order valence-corrected chi connectivity index (χ0v) is 8.63. The van der Waals surface area contributed by atoms with Crippen LogP contribution in [0.3, 0.4) is 0 Å². The van der Waals surface area contributed by atoms with Gasteiger partial charge in [-0.15, -0.1) is 0 Å². The van der Waals surface area contributed by atoms with E-state index in [9.17, 15) is 0 Å². The molecule has 72 valence electrons. The molecule has 0 fully saturated rings. The summed E-state index contributed by atoms with van der Waals surface area (Å²) in [7, 11) is 3.96. The van der Waals surface area contributed by atoms with E-state index in [0.29, 0.717) is 5.82 Å². The largest absolute Gasteiger partial charge is 0.383 e. The lowest BCUT2D eigenvalue weighted by Gasteiger charge is -2.10. The Morgan fingerprint density at radius 1 is 1.23 bits per heavy atom. The number of hydrogen-bond donors (Lipinski definition) is 1. The summed E-state index contributed by atoms with van der Waals surface area (Å²) in [5.74, 6) is 1.37. The maximum Gasteiger partial charge on any atom is 0.144 e. The molecule has 0 saturated heterocycles. The van der Waals surface area contributed by atoms with Gasteiger partial charge in [0, 0.05) is 11.3 Å². The van der Waals surface area contributed by atoms with Crippen molar-refractivity contribution in [2.45, 2.75) is 20.4 Å². The van der Waals surface area contributed by atoms with Gasteiger partial charge in [0.05, 0.1) is 6.54 Å². The Morgan fingerprint density at radius 2 is 1.85 bits per heavy atom. The topological polar surface area (TPSA) is 55.0 Å². The van der Waals surface area contributed by atoms with Crippen molar-refractivity contribution in [2.75, 3.05) is 19.8 Å². The summed E-state index contributed by atoms with van der Waals surface area (Å²) < 4.78 is 0. The van der Waals surface area contributed by atoms with Gasteiger partial charge in [0.1, 0.15) is 11.6 Å². The molecule has 0 radical (unpaired) electrons. The van der Waals surface area contributed by atoms with Gasteiger partial charge in [-0.25, -0.2) is 9.97 Å². The Labute approximate surface area is 78.8 Å². The number of nitrogen functional groups attached to an aromatic ring is 1. The van der Waals surface area contributed by atoms with Crippen LogP contribution in [0.15, 0.2) is 0 Å². The van der Waals surface area contributed by atoms with Crippen LogP contribution in [0.4, 0.5) is 5.82 Å². The van der Waals surface area contributed by atoms with Crippen LogP contribution in [0.2, 0.25) is 0 Å². The third kappa shape index (κ3) is 2.39. The van der Waals surface area contributed by atoms with Crippen LogP contribution in [0.5, 0.6) is 0 Å². The number of aromatic nitrogens is 2. The van der Waals surface area contributed by atoms with Crippen LogP contribution >= 0.6 is 0 Å². The molecule has 1 aromatic rings. The fraction of sp³-hybridized carbons (Fsp3) is 0.556. The fourth-order valence-corrected chi connectivity index (χ4v) is 1.06. The normalized spacial score (nSPS) is 10.8. The molecular weight excluding hydrogens is 164 g/mol. The molecule has 0 aliphatic carbocycles. The zero-order chi connectivity index (χ0) is 10.0. The highest BCUT2D eigenvalue weighted by atomic mass is 15.1. The summed E-state index contributed by atoms with van der Waals surface area (Å²) >= 11 is 0. The summed E-state index contributed by atoms with van der Waals surface area (Å²) in [4.78, 5) is 10.6. The average molecular weight is 180 g/mol. The second-order valence-corrected chi connectivity index (χ2v) is 3.47. The first-order valence-electron chi connectivity index (χ1n) is 4.25. The number of rotatable bonds is 2. The summed E-state index contributed by atoms with van der Waals surface area (Å²) in [5.41, 5.74) is 7.66. The molecule has 4 heteroatoms. The predicted octanol–water partition coefficient (Wildman–Crippen LogP) is 0.737. The van der Waals surface area contributed by atoms with E-state index < -0.39 is 0 Å². The lowest BCUT2D eigenvalue weighted by atomic mass is 10.2. The smallest absolute Gasteiger partial charge is 0.144 e. The minimum Gasteiger partial charge on any atom is -0.383 e. The number of anilines is 1. The summed E-state index contributed by atoms with van der Waals surface area (Å²) in [5, 5.41) is 0. The van der Waals surface area contributed by atoms with E-state index in [-0.39, 0.29) is 0 Å². The van der Waals surface area contributed by atoms with Gasteiger partial charge in [0.25, 0.3) is 0 Å². The van der Waals surface area contributed by atoms with E-state index in [1.54, 1.807) is 0 Å². The first kappa shape index (κ1) is 9.92. The molecule has 1 aromatic heterocycles. The van der Waals surface area contributed by atoms with Gasteiger partial charge in [-0.2, -0.15) is 0 Å². The fourth-order valence-electron chi connectivity index (χ4n) is 1.06. The molecule has 0 spiro atoms. The Morgan fingerprint density at radius 3 is 2.31 bits per heavy atom. The lowest BCUT2D eigenvalue weighted by molar-refractivity contribution is 0.390. The second-order valence-electron chi connectivity index (χ2n) is 3.47. The minimum absolute atomic E-state index is 0.587. The van der Waals surface area contributed by atoms with E-state index in [1.165, 1.54) is 0 Å². The monoisotopic (exact) mass is 180 g/mol. The van der Waals surface area contributed by atoms with Crippen molar-refractivity contribution >= 4 is 5.82 Å². The summed E-state index contributed by atoms with van der Waals surface area (Å²) in [6.45, 7) is 4.61. The van der Waals surface area contributed by atoms with Gasteiger partial charge < -0.3 is 10.6 Å². The third-order valence-electron chi connectivity index (χ3n) is 1.93. The van der Waals surface area contributed by atoms with Crippen molar-refractivity contribution in [3.05, 3.63) is 17.1 Å². The van der Waals surface area contributed by atoms with Gasteiger partial charge in [-0.05, 0) is 27.9 Å². The molecular formula is C9H16N4. The van der Waals surface area contributed by atoms with E-state index in [1.807, 2.05) is 32.8 Å². The molecule has 0 atom stereocenters. The molecule has 13 heavy (non-hydrogen) atoms. The molecule has 0 amide bonds. The number of aryl methyl sites for hydroxylation is 1. The van der Waals surface area contributed by atoms with Gasteiger partial charge in [0.2, 0.25) is 0 Å². The zero-order valence-electron chi connectivity index (χ0n) is 8.63. The van der Waals surface area contributed by atoms with Gasteiger partial charge >= 0.3 is 0 Å². The molecule has 0 saturated carbocycles. The highest BCUT2D eigenvalue weighted by molar-refractivity contribution is 5.40. The number of nitrogens with two attached hydrogens (primary N) is 1. The van der Waals surface area contributed by atoms with Crippen molar-refractivity contribution in [1.29, 1.82) is 0 Å². The Kier molecular flexibility index (Phi) is 2.83. The summed E-state index contributed by atoms with van der Waals surface area (Å²) in [6, 6.07) is 0. The molecule has 0 aliphatic heterocycles. The van der Waals surface area contributed by atoms with Crippen molar-refractivity contribution in [2.24, 2.45) is 0 Å². The molecule has 1 rings (SSSR count). The molecule has 1 heterocycles. The Bertz CT molecular complexity index is 283. The minimum atomic E-state index is 0.587. The van der Waals surface area contributed by atoms with Crippen molar-refractivity contribution < 1.29 is 0 Å². The van der Waals surface area contributed by atoms with Crippen LogP contribution in [-0.2, 0) is 6.54 Å². The van der Waals surface area contributed by atoms with E-state index >= 15 is 0 Å². The quantitative estimate of drug-likeness (QED) is 0.729. The first-order chi connectivity index (χ1) is 6.00. The van der Waals surface area contributed by atoms with Crippen LogP contribution in [0, 0.1) is 13.8 Å². The maximum absolute atomic E-state index is 5.73. The molecule has 0 aromatic carbocycles. The van der Waals surface area contributed by atoms with Crippen LogP contribution in [0.25, 0.3) is 0 Å². The molecule has 0 unspecified atom stereocenters. The van der Waals surface area contributed by atoms with E-state index in [2.05, 4.69) is 9.97 Å². The third-order valence-corrected chi connectivity index (χ3v) is 1.93. The van der Waals surface area contributed by atoms with Crippen molar-refractivity contribution in [3.8, 4) is 0 Å². The number of hydrogen-bond acceptors (Lipinski definition) is 4. The van der Waals surface area contributed by atoms with Crippen LogP contribution in [-0.4, -0.2) is 29.0 Å². The SMILES string of the molecule is Cc1nc(CN(C)C)nc(N)c1C. The van der Waals surface area contributed by atoms with Crippen molar-refractivity contribution in [3.63, 3.8) is 0 Å². The maximum atomic E-state index is 5.73. The van der Waals surface area contributed by atoms with Crippen LogP contribution in [0.1, 0.15) is 17.1 Å². The van der Waals surface area contributed by atoms with Crippen molar-refractivity contribution in [1.82, 2.24) is 14.9 Å². The Balaban J connectivity index is 2.99. The van der Waals surface area contributed by atoms with Gasteiger partial charge in [-0.3, -0.25) is 0 Å². The van der Waals surface area contributed by atoms with Gasteiger partial charge in [-0.1, -0.05) is 0 Å². The van der Waals surface area contributed by atoms with E-state index in [4.69, 9.17) is 5.73 Å². The highest BCUT2D eigenvalue weighted by Crippen LogP contribution is 2.11. The first-order valence-corrected chi connectivity index (χ1v) is 4.25. The average Bonchev–Trinajstić information content (AvgIpc) is 1.98. The molecule has 4 nitrogen and oxygen atoms in total. The molecule has 0 bridgehead atoms. The molecule has 2 N–H and O–H groups in total. The Hall–Kier alpha value is -1.16. The number of nitrogens with zero attached hydrogens (tertiary/aromatic N) is 3. The van der Waals surface area contributed by atoms with Gasteiger partial charge in [0.15, 0.2) is 0 Å². The standard InChI is InChI=1S/C9H16N4/c1-6-7(2)11-8(5-13(3)4)12-9(6)10/h5H2,1-4H3,(H2,10,11,12). The molecule has 0 aliphatic rings. The summed E-state index contributed by atoms with van der Waals surface area (Å²) in [6.07, 6.45) is 0. The highest BCUT2D eigenvalue weighted by Gasteiger charge is 2.05. The predicted molar refractivity (Wildman–Crippen MR) is 53.3 cm³/mol. The van der Waals surface area contributed by atoms with Crippen LogP contribution < -0.4 is 5.73 Å². The lowest BCUT2D eigenvalue weighted by Crippen LogP contribution is -2.15.